The van der Waals surface area contributed by atoms with Gasteiger partial charge in [-0.3, -0.25) is 4.79 Å². The molecule has 92 valence electrons. The molecule has 0 aromatic heterocycles. The molecule has 5 heteroatoms. The highest BCUT2D eigenvalue weighted by atomic mass is 16.5. The molecule has 0 aliphatic carbocycles. The molecule has 16 heavy (non-hydrogen) atoms. The number of hydrogen-bond donors (Lipinski definition) is 3. The highest BCUT2D eigenvalue weighted by Crippen LogP contribution is 2.17. The molecule has 2 fully saturated rings. The fourth-order valence-corrected chi connectivity index (χ4v) is 2.21. The van der Waals surface area contributed by atoms with Crippen LogP contribution >= 0.6 is 0 Å². The Balaban J connectivity index is 1.74. The molecule has 2 aliphatic heterocycles. The van der Waals surface area contributed by atoms with Crippen molar-refractivity contribution in [3.63, 3.8) is 0 Å². The first-order chi connectivity index (χ1) is 7.70. The van der Waals surface area contributed by atoms with E-state index in [9.17, 15) is 9.90 Å². The molecule has 5 nitrogen and oxygen atoms in total. The van der Waals surface area contributed by atoms with E-state index in [1.807, 2.05) is 0 Å². The Morgan fingerprint density at radius 2 is 2.50 bits per heavy atom. The molecule has 0 saturated carbocycles. The van der Waals surface area contributed by atoms with E-state index in [4.69, 9.17) is 4.74 Å². The number of aliphatic hydroxyl groups is 1. The first-order valence-corrected chi connectivity index (χ1v) is 5.98. The van der Waals surface area contributed by atoms with Crippen molar-refractivity contribution in [2.45, 2.75) is 24.9 Å². The molecule has 0 aromatic carbocycles. The fraction of sp³-hybridized carbons (Fsp3) is 0.909. The normalized spacial score (nSPS) is 34.9. The average molecular weight is 228 g/mol. The molecule has 2 saturated heterocycles. The van der Waals surface area contributed by atoms with Crippen LogP contribution in [0.5, 0.6) is 0 Å². The summed E-state index contributed by atoms with van der Waals surface area (Å²) in [5.74, 6) is 0.104. The number of hydrogen-bond acceptors (Lipinski definition) is 4. The van der Waals surface area contributed by atoms with Gasteiger partial charge in [0.15, 0.2) is 0 Å². The minimum Gasteiger partial charge on any atom is -0.386 e. The monoisotopic (exact) mass is 228 g/mol. The zero-order chi connectivity index (χ0) is 11.4. The third kappa shape index (κ3) is 2.93. The van der Waals surface area contributed by atoms with Crippen LogP contribution < -0.4 is 10.6 Å². The molecule has 2 atom stereocenters. The first kappa shape index (κ1) is 11.8. The molecule has 0 spiro atoms. The molecule has 0 radical (unpaired) electrons. The second-order valence-corrected chi connectivity index (χ2v) is 4.79. The number of amides is 1. The van der Waals surface area contributed by atoms with E-state index in [0.717, 1.165) is 25.9 Å². The quantitative estimate of drug-likeness (QED) is 0.594. The van der Waals surface area contributed by atoms with Gasteiger partial charge < -0.3 is 20.5 Å². The van der Waals surface area contributed by atoms with Crippen LogP contribution in [0.25, 0.3) is 0 Å². The summed E-state index contributed by atoms with van der Waals surface area (Å²) in [6.07, 6.45) is 2.59. The van der Waals surface area contributed by atoms with E-state index in [1.165, 1.54) is 0 Å². The van der Waals surface area contributed by atoms with Crippen LogP contribution in [0.2, 0.25) is 0 Å². The van der Waals surface area contributed by atoms with E-state index in [2.05, 4.69) is 10.6 Å². The third-order valence-corrected chi connectivity index (χ3v) is 3.34. The zero-order valence-electron chi connectivity index (χ0n) is 9.50. The van der Waals surface area contributed by atoms with Crippen LogP contribution in [0.15, 0.2) is 0 Å². The van der Waals surface area contributed by atoms with Gasteiger partial charge >= 0.3 is 0 Å². The lowest BCUT2D eigenvalue weighted by molar-refractivity contribution is -0.126. The van der Waals surface area contributed by atoms with Crippen LogP contribution in [0, 0.1) is 5.92 Å². The summed E-state index contributed by atoms with van der Waals surface area (Å²) in [7, 11) is 0. The van der Waals surface area contributed by atoms with Gasteiger partial charge in [-0.25, -0.2) is 0 Å². The molecular weight excluding hydrogens is 208 g/mol. The van der Waals surface area contributed by atoms with Gasteiger partial charge in [-0.1, -0.05) is 0 Å². The Bertz CT molecular complexity index is 246. The minimum absolute atomic E-state index is 0.0486. The van der Waals surface area contributed by atoms with Crippen molar-refractivity contribution in [2.75, 3.05) is 32.8 Å². The Kier molecular flexibility index (Phi) is 3.78. The highest BCUT2D eigenvalue weighted by molar-refractivity contribution is 5.79. The van der Waals surface area contributed by atoms with Gasteiger partial charge in [0.1, 0.15) is 5.60 Å². The molecule has 0 bridgehead atoms. The second-order valence-electron chi connectivity index (χ2n) is 4.79. The fourth-order valence-electron chi connectivity index (χ4n) is 2.21. The van der Waals surface area contributed by atoms with Gasteiger partial charge in [0.25, 0.3) is 0 Å². The van der Waals surface area contributed by atoms with Crippen molar-refractivity contribution in [2.24, 2.45) is 5.92 Å². The summed E-state index contributed by atoms with van der Waals surface area (Å²) in [5.41, 5.74) is -0.849. The lowest BCUT2D eigenvalue weighted by Gasteiger charge is -2.25. The number of ether oxygens (including phenoxy) is 1. The standard InChI is InChI=1S/C11H20N2O3/c14-10(9-2-1-4-12-6-9)13-7-11(15)3-5-16-8-11/h9,12,15H,1-8H2,(H,13,14). The molecule has 2 aliphatic rings. The number of rotatable bonds is 3. The van der Waals surface area contributed by atoms with E-state index >= 15 is 0 Å². The third-order valence-electron chi connectivity index (χ3n) is 3.34. The second kappa shape index (κ2) is 5.12. The largest absolute Gasteiger partial charge is 0.386 e. The first-order valence-electron chi connectivity index (χ1n) is 5.98. The molecule has 2 heterocycles. The van der Waals surface area contributed by atoms with Gasteiger partial charge in [-0.05, 0) is 19.4 Å². The number of nitrogens with one attached hydrogen (secondary N) is 2. The van der Waals surface area contributed by atoms with Crippen LogP contribution in [0.4, 0.5) is 0 Å². The summed E-state index contributed by atoms with van der Waals surface area (Å²) in [6.45, 7) is 2.97. The van der Waals surface area contributed by atoms with Gasteiger partial charge in [-0.15, -0.1) is 0 Å². The summed E-state index contributed by atoms with van der Waals surface area (Å²) < 4.78 is 5.12. The van der Waals surface area contributed by atoms with Crippen molar-refractivity contribution < 1.29 is 14.6 Å². The Morgan fingerprint density at radius 1 is 1.62 bits per heavy atom. The molecular formula is C11H20N2O3. The SMILES string of the molecule is O=C(NCC1(O)CCOC1)C1CCCNC1. The minimum atomic E-state index is -0.849. The van der Waals surface area contributed by atoms with Gasteiger partial charge in [0, 0.05) is 26.1 Å². The molecule has 2 rings (SSSR count). The predicted octanol–water partition coefficient (Wildman–Crippen LogP) is -0.746. The van der Waals surface area contributed by atoms with Crippen molar-refractivity contribution in [1.82, 2.24) is 10.6 Å². The molecule has 2 unspecified atom stereocenters. The number of carbonyl (C=O) groups excluding carboxylic acids is 1. The van der Waals surface area contributed by atoms with Crippen LogP contribution in [0.1, 0.15) is 19.3 Å². The van der Waals surface area contributed by atoms with Crippen molar-refractivity contribution in [3.05, 3.63) is 0 Å². The Hall–Kier alpha value is -0.650. The van der Waals surface area contributed by atoms with Gasteiger partial charge in [-0.2, -0.15) is 0 Å². The Morgan fingerprint density at radius 3 is 3.12 bits per heavy atom. The maximum Gasteiger partial charge on any atom is 0.224 e. The van der Waals surface area contributed by atoms with Gasteiger partial charge in [0.05, 0.1) is 12.5 Å². The summed E-state index contributed by atoms with van der Waals surface area (Å²) >= 11 is 0. The zero-order valence-corrected chi connectivity index (χ0v) is 9.50. The molecule has 0 aromatic rings. The maximum atomic E-state index is 11.8. The molecule has 3 N–H and O–H groups in total. The van der Waals surface area contributed by atoms with E-state index in [-0.39, 0.29) is 11.8 Å². The van der Waals surface area contributed by atoms with E-state index < -0.39 is 5.60 Å². The van der Waals surface area contributed by atoms with E-state index in [0.29, 0.717) is 26.2 Å². The summed E-state index contributed by atoms with van der Waals surface area (Å²) in [6, 6.07) is 0. The summed E-state index contributed by atoms with van der Waals surface area (Å²) in [4.78, 5) is 11.8. The summed E-state index contributed by atoms with van der Waals surface area (Å²) in [5, 5.41) is 16.0. The predicted molar refractivity (Wildman–Crippen MR) is 59.0 cm³/mol. The smallest absolute Gasteiger partial charge is 0.224 e. The van der Waals surface area contributed by atoms with Crippen LogP contribution in [0.3, 0.4) is 0 Å². The van der Waals surface area contributed by atoms with Crippen LogP contribution in [-0.2, 0) is 9.53 Å². The lowest BCUT2D eigenvalue weighted by Crippen LogP contribution is -2.47. The number of carbonyl (C=O) groups is 1. The Labute approximate surface area is 95.5 Å². The topological polar surface area (TPSA) is 70.6 Å². The maximum absolute atomic E-state index is 11.8. The number of piperidine rings is 1. The lowest BCUT2D eigenvalue weighted by atomic mass is 9.98. The van der Waals surface area contributed by atoms with Crippen molar-refractivity contribution >= 4 is 5.91 Å². The van der Waals surface area contributed by atoms with E-state index in [1.54, 1.807) is 0 Å². The van der Waals surface area contributed by atoms with Crippen molar-refractivity contribution in [1.29, 1.82) is 0 Å². The average Bonchev–Trinajstić information content (AvgIpc) is 2.75. The molecule has 1 amide bonds. The van der Waals surface area contributed by atoms with Gasteiger partial charge in [0.2, 0.25) is 5.91 Å². The van der Waals surface area contributed by atoms with Crippen molar-refractivity contribution in [3.8, 4) is 0 Å². The van der Waals surface area contributed by atoms with Crippen LogP contribution in [-0.4, -0.2) is 49.5 Å². The highest BCUT2D eigenvalue weighted by Gasteiger charge is 2.33.